The fourth-order valence-electron chi connectivity index (χ4n) is 2.39. The van der Waals surface area contributed by atoms with Gasteiger partial charge in [-0.25, -0.2) is 8.42 Å². The van der Waals surface area contributed by atoms with Crippen LogP contribution in [0.4, 0.5) is 0 Å². The van der Waals surface area contributed by atoms with Gasteiger partial charge in [0.25, 0.3) is 0 Å². The third-order valence-corrected chi connectivity index (χ3v) is 6.22. The smallest absolute Gasteiger partial charge is 0.156 e. The van der Waals surface area contributed by atoms with Crippen molar-refractivity contribution < 1.29 is 8.42 Å². The molecule has 0 bridgehead atoms. The Kier molecular flexibility index (Phi) is 7.38. The molecule has 0 aliphatic heterocycles. The molecule has 0 saturated carbocycles. The zero-order valence-corrected chi connectivity index (χ0v) is 13.2. The maximum Gasteiger partial charge on any atom is 0.156 e. The molecule has 2 nitrogen and oxygen atoms in total. The SMILES string of the molecule is CCC(CC(C)C)S(=O)(=O)C(CC)CC(C)C. The lowest BCUT2D eigenvalue weighted by atomic mass is 10.1. The summed E-state index contributed by atoms with van der Waals surface area (Å²) in [6.45, 7) is 12.4. The molecule has 0 N–H and O–H groups in total. The maximum atomic E-state index is 12.6. The van der Waals surface area contributed by atoms with Crippen LogP contribution in [0.25, 0.3) is 0 Å². The monoisotopic (exact) mass is 262 g/mol. The minimum absolute atomic E-state index is 0.147. The molecule has 0 aliphatic carbocycles. The summed E-state index contributed by atoms with van der Waals surface area (Å²) in [4.78, 5) is 0. The van der Waals surface area contributed by atoms with E-state index in [0.717, 1.165) is 25.7 Å². The maximum absolute atomic E-state index is 12.6. The average Bonchev–Trinajstić information content (AvgIpc) is 2.21. The van der Waals surface area contributed by atoms with E-state index in [1.807, 2.05) is 13.8 Å². The quantitative estimate of drug-likeness (QED) is 0.661. The number of hydrogen-bond donors (Lipinski definition) is 0. The standard InChI is InChI=1S/C14H30O2S/c1-7-13(9-11(3)4)17(15,16)14(8-2)10-12(5)6/h11-14H,7-10H2,1-6H3. The van der Waals surface area contributed by atoms with Crippen LogP contribution >= 0.6 is 0 Å². The first-order valence-corrected chi connectivity index (χ1v) is 8.59. The summed E-state index contributed by atoms with van der Waals surface area (Å²) in [5, 5.41) is -0.294. The number of sulfone groups is 1. The van der Waals surface area contributed by atoms with E-state index in [2.05, 4.69) is 27.7 Å². The second kappa shape index (κ2) is 7.40. The molecule has 0 spiro atoms. The van der Waals surface area contributed by atoms with Crippen LogP contribution in [0.2, 0.25) is 0 Å². The Labute approximate surface area is 108 Å². The van der Waals surface area contributed by atoms with Gasteiger partial charge in [-0.05, 0) is 37.5 Å². The van der Waals surface area contributed by atoms with Crippen molar-refractivity contribution in [1.82, 2.24) is 0 Å². The zero-order valence-electron chi connectivity index (χ0n) is 12.4. The molecule has 17 heavy (non-hydrogen) atoms. The Balaban J connectivity index is 4.91. The first-order chi connectivity index (χ1) is 7.75. The molecular weight excluding hydrogens is 232 g/mol. The van der Waals surface area contributed by atoms with Crippen LogP contribution in [0.1, 0.15) is 67.2 Å². The van der Waals surface area contributed by atoms with E-state index >= 15 is 0 Å². The van der Waals surface area contributed by atoms with Gasteiger partial charge in [0.2, 0.25) is 0 Å². The lowest BCUT2D eigenvalue weighted by molar-refractivity contribution is 0.483. The largest absolute Gasteiger partial charge is 0.228 e. The van der Waals surface area contributed by atoms with E-state index in [-0.39, 0.29) is 10.5 Å². The average molecular weight is 262 g/mol. The zero-order chi connectivity index (χ0) is 13.6. The van der Waals surface area contributed by atoms with Crippen molar-refractivity contribution >= 4 is 9.84 Å². The molecule has 2 unspecified atom stereocenters. The summed E-state index contributed by atoms with van der Waals surface area (Å²) in [7, 11) is -2.95. The highest BCUT2D eigenvalue weighted by atomic mass is 32.2. The molecule has 0 heterocycles. The molecule has 0 fully saturated rings. The molecule has 0 amide bonds. The van der Waals surface area contributed by atoms with Crippen molar-refractivity contribution in [1.29, 1.82) is 0 Å². The molecule has 0 radical (unpaired) electrons. The van der Waals surface area contributed by atoms with Crippen molar-refractivity contribution in [3.05, 3.63) is 0 Å². The predicted molar refractivity (Wildman–Crippen MR) is 76.0 cm³/mol. The molecule has 0 aromatic carbocycles. The highest BCUT2D eigenvalue weighted by Crippen LogP contribution is 2.25. The van der Waals surface area contributed by atoms with Gasteiger partial charge in [0.1, 0.15) is 0 Å². The lowest BCUT2D eigenvalue weighted by Crippen LogP contribution is -2.33. The molecular formula is C14H30O2S. The minimum atomic E-state index is -2.95. The van der Waals surface area contributed by atoms with Gasteiger partial charge in [0.15, 0.2) is 9.84 Å². The van der Waals surface area contributed by atoms with E-state index in [9.17, 15) is 8.42 Å². The van der Waals surface area contributed by atoms with Crippen LogP contribution in [-0.4, -0.2) is 18.9 Å². The molecule has 0 aromatic heterocycles. The Morgan fingerprint density at radius 1 is 0.765 bits per heavy atom. The fourth-order valence-corrected chi connectivity index (χ4v) is 5.17. The summed E-state index contributed by atoms with van der Waals surface area (Å²) in [5.74, 6) is 0.901. The third-order valence-electron chi connectivity index (χ3n) is 3.31. The Morgan fingerprint density at radius 2 is 1.06 bits per heavy atom. The highest BCUT2D eigenvalue weighted by Gasteiger charge is 2.32. The van der Waals surface area contributed by atoms with E-state index < -0.39 is 9.84 Å². The summed E-state index contributed by atoms with van der Waals surface area (Å²) in [6.07, 6.45) is 3.09. The van der Waals surface area contributed by atoms with E-state index in [4.69, 9.17) is 0 Å². The van der Waals surface area contributed by atoms with Crippen LogP contribution in [0.5, 0.6) is 0 Å². The van der Waals surface area contributed by atoms with Crippen LogP contribution < -0.4 is 0 Å². The highest BCUT2D eigenvalue weighted by molar-refractivity contribution is 7.92. The van der Waals surface area contributed by atoms with Gasteiger partial charge in [-0.3, -0.25) is 0 Å². The van der Waals surface area contributed by atoms with Gasteiger partial charge in [-0.1, -0.05) is 41.5 Å². The van der Waals surface area contributed by atoms with Gasteiger partial charge < -0.3 is 0 Å². The van der Waals surface area contributed by atoms with Crippen LogP contribution in [0.3, 0.4) is 0 Å². The fraction of sp³-hybridized carbons (Fsp3) is 1.00. The molecule has 2 atom stereocenters. The number of hydrogen-bond acceptors (Lipinski definition) is 2. The van der Waals surface area contributed by atoms with Crippen molar-refractivity contribution in [2.75, 3.05) is 0 Å². The van der Waals surface area contributed by atoms with E-state index in [0.29, 0.717) is 11.8 Å². The first kappa shape index (κ1) is 16.9. The topological polar surface area (TPSA) is 34.1 Å². The molecule has 0 aliphatic rings. The van der Waals surface area contributed by atoms with Crippen molar-refractivity contribution in [2.45, 2.75) is 77.7 Å². The molecule has 0 aromatic rings. The Bertz CT molecular complexity index is 267. The van der Waals surface area contributed by atoms with E-state index in [1.165, 1.54) is 0 Å². The Morgan fingerprint density at radius 3 is 1.24 bits per heavy atom. The van der Waals surface area contributed by atoms with Gasteiger partial charge in [-0.2, -0.15) is 0 Å². The third kappa shape index (κ3) is 5.41. The van der Waals surface area contributed by atoms with Gasteiger partial charge in [0.05, 0.1) is 10.5 Å². The van der Waals surface area contributed by atoms with Crippen LogP contribution in [0, 0.1) is 11.8 Å². The summed E-state index contributed by atoms with van der Waals surface area (Å²) < 4.78 is 25.1. The first-order valence-electron chi connectivity index (χ1n) is 6.98. The number of rotatable bonds is 8. The van der Waals surface area contributed by atoms with Gasteiger partial charge in [-0.15, -0.1) is 0 Å². The van der Waals surface area contributed by atoms with Crippen molar-refractivity contribution in [2.24, 2.45) is 11.8 Å². The summed E-state index contributed by atoms with van der Waals surface area (Å²) in [6, 6.07) is 0. The van der Waals surface area contributed by atoms with E-state index in [1.54, 1.807) is 0 Å². The molecule has 3 heteroatoms. The molecule has 0 rings (SSSR count). The van der Waals surface area contributed by atoms with Gasteiger partial charge in [0, 0.05) is 0 Å². The summed E-state index contributed by atoms with van der Waals surface area (Å²) >= 11 is 0. The predicted octanol–water partition coefficient (Wildman–Crippen LogP) is 4.05. The molecule has 104 valence electrons. The molecule has 0 saturated heterocycles. The van der Waals surface area contributed by atoms with Crippen LogP contribution in [-0.2, 0) is 9.84 Å². The van der Waals surface area contributed by atoms with Crippen LogP contribution in [0.15, 0.2) is 0 Å². The van der Waals surface area contributed by atoms with Crippen molar-refractivity contribution in [3.63, 3.8) is 0 Å². The lowest BCUT2D eigenvalue weighted by Gasteiger charge is -2.25. The second-order valence-corrected chi connectivity index (χ2v) is 8.42. The second-order valence-electron chi connectivity index (χ2n) is 5.91. The summed E-state index contributed by atoms with van der Waals surface area (Å²) in [5.41, 5.74) is 0. The minimum Gasteiger partial charge on any atom is -0.228 e. The van der Waals surface area contributed by atoms with Gasteiger partial charge >= 0.3 is 0 Å². The Hall–Kier alpha value is -0.0500. The van der Waals surface area contributed by atoms with Crippen molar-refractivity contribution in [3.8, 4) is 0 Å². The normalized spacial score (nSPS) is 16.5.